The van der Waals surface area contributed by atoms with E-state index in [0.717, 1.165) is 31.5 Å². The Kier molecular flexibility index (Phi) is 4.54. The lowest BCUT2D eigenvalue weighted by molar-refractivity contribution is -0.134. The Labute approximate surface area is 156 Å². The lowest BCUT2D eigenvalue weighted by Gasteiger charge is -2.44. The molecule has 138 valence electrons. The first-order chi connectivity index (χ1) is 12.6. The Morgan fingerprint density at radius 3 is 2.92 bits per heavy atom. The molecule has 2 aromatic heterocycles. The van der Waals surface area contributed by atoms with Gasteiger partial charge in [0.2, 0.25) is 5.91 Å². The number of rotatable bonds is 3. The van der Waals surface area contributed by atoms with Gasteiger partial charge in [-0.25, -0.2) is 4.98 Å². The summed E-state index contributed by atoms with van der Waals surface area (Å²) in [5.41, 5.74) is 2.18. The third-order valence-corrected chi connectivity index (χ3v) is 6.27. The molecule has 2 amide bonds. The molecule has 2 aliphatic heterocycles. The molecule has 0 bridgehead atoms. The van der Waals surface area contributed by atoms with Crippen molar-refractivity contribution in [2.24, 2.45) is 0 Å². The molecular weight excluding hydrogens is 350 g/mol. The number of carbonyl (C=O) groups is 2. The number of thiophene rings is 1. The topological polar surface area (TPSA) is 90.1 Å². The van der Waals surface area contributed by atoms with E-state index in [9.17, 15) is 9.59 Å². The Bertz CT molecular complexity index is 792. The normalized spacial score (nSPS) is 19.8. The fourth-order valence-corrected chi connectivity index (χ4v) is 4.59. The summed E-state index contributed by atoms with van der Waals surface area (Å²) >= 11 is 1.37. The first-order valence-corrected chi connectivity index (χ1v) is 9.88. The Balaban J connectivity index is 1.38. The highest BCUT2D eigenvalue weighted by molar-refractivity contribution is 7.12. The van der Waals surface area contributed by atoms with Crippen LogP contribution in [0.25, 0.3) is 0 Å². The van der Waals surface area contributed by atoms with Crippen LogP contribution in [-0.2, 0) is 16.8 Å². The summed E-state index contributed by atoms with van der Waals surface area (Å²) in [4.78, 5) is 35.1. The van der Waals surface area contributed by atoms with Crippen LogP contribution in [0.5, 0.6) is 0 Å². The zero-order valence-electron chi connectivity index (χ0n) is 14.7. The van der Waals surface area contributed by atoms with Gasteiger partial charge in [-0.1, -0.05) is 6.07 Å². The molecule has 2 aliphatic rings. The predicted octanol–water partition coefficient (Wildman–Crippen LogP) is 1.25. The predicted molar refractivity (Wildman–Crippen MR) is 99.0 cm³/mol. The third kappa shape index (κ3) is 3.03. The summed E-state index contributed by atoms with van der Waals surface area (Å²) in [7, 11) is 0. The van der Waals surface area contributed by atoms with Crippen LogP contribution in [0.3, 0.4) is 0 Å². The zero-order chi connectivity index (χ0) is 18.1. The van der Waals surface area contributed by atoms with E-state index >= 15 is 0 Å². The van der Waals surface area contributed by atoms with Gasteiger partial charge in [-0.15, -0.1) is 11.3 Å². The Morgan fingerprint density at radius 2 is 2.19 bits per heavy atom. The monoisotopic (exact) mass is 373 g/mol. The van der Waals surface area contributed by atoms with Gasteiger partial charge in [-0.05, 0) is 31.2 Å². The third-order valence-electron chi connectivity index (χ3n) is 5.40. The van der Waals surface area contributed by atoms with Crippen LogP contribution in [0.4, 0.5) is 0 Å². The second kappa shape index (κ2) is 6.85. The molecule has 0 radical (unpaired) electrons. The fourth-order valence-electron chi connectivity index (χ4n) is 3.97. The van der Waals surface area contributed by atoms with Gasteiger partial charge in [-0.3, -0.25) is 9.59 Å². The molecule has 26 heavy (non-hydrogen) atoms. The van der Waals surface area contributed by atoms with Crippen LogP contribution in [0.2, 0.25) is 0 Å². The maximum absolute atomic E-state index is 12.7. The van der Waals surface area contributed by atoms with Gasteiger partial charge in [0.1, 0.15) is 6.04 Å². The molecule has 7 nitrogen and oxygen atoms in total. The van der Waals surface area contributed by atoms with Crippen molar-refractivity contribution in [3.05, 3.63) is 40.1 Å². The van der Waals surface area contributed by atoms with E-state index in [1.54, 1.807) is 19.3 Å². The number of hydrogen-bond donors (Lipinski definition) is 3. The molecule has 0 aromatic carbocycles. The highest BCUT2D eigenvalue weighted by Crippen LogP contribution is 2.35. The number of H-pyrrole nitrogens is 1. The average molecular weight is 373 g/mol. The summed E-state index contributed by atoms with van der Waals surface area (Å²) in [6.07, 6.45) is 4.40. The maximum Gasteiger partial charge on any atom is 0.261 e. The number of carbonyl (C=O) groups excluding carboxylic acids is 2. The minimum Gasteiger partial charge on any atom is -0.348 e. The molecule has 1 saturated heterocycles. The molecule has 4 rings (SSSR count). The van der Waals surface area contributed by atoms with E-state index < -0.39 is 6.04 Å². The molecule has 8 heteroatoms. The second-order valence-corrected chi connectivity index (χ2v) is 7.93. The van der Waals surface area contributed by atoms with E-state index in [1.807, 2.05) is 16.3 Å². The van der Waals surface area contributed by atoms with Crippen LogP contribution in [0, 0.1) is 0 Å². The zero-order valence-corrected chi connectivity index (χ0v) is 15.6. The molecule has 3 N–H and O–H groups in total. The highest BCUT2D eigenvalue weighted by atomic mass is 32.1. The maximum atomic E-state index is 12.7. The van der Waals surface area contributed by atoms with Crippen molar-refractivity contribution < 1.29 is 9.59 Å². The molecule has 0 unspecified atom stereocenters. The minimum absolute atomic E-state index is 0.0252. The molecule has 0 aliphatic carbocycles. The van der Waals surface area contributed by atoms with Crippen LogP contribution in [0.15, 0.2) is 23.8 Å². The van der Waals surface area contributed by atoms with Gasteiger partial charge in [0.15, 0.2) is 0 Å². The first kappa shape index (κ1) is 17.2. The van der Waals surface area contributed by atoms with E-state index in [1.165, 1.54) is 17.0 Å². The lowest BCUT2D eigenvalue weighted by Crippen LogP contribution is -2.57. The van der Waals surface area contributed by atoms with Crippen molar-refractivity contribution in [3.8, 4) is 0 Å². The number of aromatic amines is 1. The highest BCUT2D eigenvalue weighted by Gasteiger charge is 2.42. The summed E-state index contributed by atoms with van der Waals surface area (Å²) < 4.78 is 0. The smallest absolute Gasteiger partial charge is 0.261 e. The van der Waals surface area contributed by atoms with Crippen molar-refractivity contribution in [1.82, 2.24) is 25.5 Å². The molecule has 4 heterocycles. The second-order valence-electron chi connectivity index (χ2n) is 6.99. The quantitative estimate of drug-likeness (QED) is 0.755. The number of nitrogens with one attached hydrogen (secondary N) is 3. The number of fused-ring (bicyclic) bond motifs is 2. The van der Waals surface area contributed by atoms with E-state index in [0.29, 0.717) is 18.0 Å². The number of piperidine rings is 1. The number of hydrogen-bond acceptors (Lipinski definition) is 5. The van der Waals surface area contributed by atoms with Crippen molar-refractivity contribution in [1.29, 1.82) is 0 Å². The molecule has 2 aromatic rings. The van der Waals surface area contributed by atoms with Crippen LogP contribution in [0.1, 0.15) is 40.8 Å². The van der Waals surface area contributed by atoms with Crippen molar-refractivity contribution >= 4 is 23.2 Å². The number of amides is 2. The Hall–Kier alpha value is -2.19. The molecular formula is C18H23N5O2S. The SMILES string of the molecule is C[C@@H](NC(=O)c1cccs1)C(=O)N1CCC2(CC1)NCCc1[nH]cnc12. The van der Waals surface area contributed by atoms with Gasteiger partial charge >= 0.3 is 0 Å². The largest absolute Gasteiger partial charge is 0.348 e. The summed E-state index contributed by atoms with van der Waals surface area (Å²) in [5, 5.41) is 8.29. The number of imidazole rings is 1. The number of nitrogens with zero attached hydrogens (tertiary/aromatic N) is 2. The Morgan fingerprint density at radius 1 is 1.38 bits per heavy atom. The first-order valence-electron chi connectivity index (χ1n) is 9.00. The molecule has 0 saturated carbocycles. The van der Waals surface area contributed by atoms with E-state index in [-0.39, 0.29) is 17.4 Å². The van der Waals surface area contributed by atoms with Crippen LogP contribution in [-0.4, -0.2) is 52.4 Å². The van der Waals surface area contributed by atoms with Crippen molar-refractivity contribution in [2.75, 3.05) is 19.6 Å². The fraction of sp³-hybridized carbons (Fsp3) is 0.500. The molecule has 1 fully saturated rings. The minimum atomic E-state index is -0.529. The summed E-state index contributed by atoms with van der Waals surface area (Å²) in [5.74, 6) is -0.216. The molecule has 1 spiro atoms. The van der Waals surface area contributed by atoms with Gasteiger partial charge in [0.05, 0.1) is 22.4 Å². The summed E-state index contributed by atoms with van der Waals surface area (Å²) in [6, 6.07) is 3.06. The van der Waals surface area contributed by atoms with Gasteiger partial charge in [0, 0.05) is 31.7 Å². The van der Waals surface area contributed by atoms with E-state index in [2.05, 4.69) is 20.6 Å². The lowest BCUT2D eigenvalue weighted by atomic mass is 9.80. The van der Waals surface area contributed by atoms with Gasteiger partial charge < -0.3 is 20.5 Å². The van der Waals surface area contributed by atoms with Gasteiger partial charge in [-0.2, -0.15) is 0 Å². The summed E-state index contributed by atoms with van der Waals surface area (Å²) in [6.45, 7) is 4.01. The number of aromatic nitrogens is 2. The van der Waals surface area contributed by atoms with Crippen LogP contribution >= 0.6 is 11.3 Å². The van der Waals surface area contributed by atoms with E-state index in [4.69, 9.17) is 0 Å². The van der Waals surface area contributed by atoms with Crippen LogP contribution < -0.4 is 10.6 Å². The van der Waals surface area contributed by atoms with Gasteiger partial charge in [0.25, 0.3) is 5.91 Å². The molecule has 1 atom stereocenters. The number of likely N-dealkylation sites (tertiary alicyclic amines) is 1. The van der Waals surface area contributed by atoms with Crippen molar-refractivity contribution in [3.63, 3.8) is 0 Å². The van der Waals surface area contributed by atoms with Crippen molar-refractivity contribution in [2.45, 2.75) is 37.8 Å². The standard InChI is InChI=1S/C18H23N5O2S/c1-12(22-16(24)14-3-2-10-26-14)17(25)23-8-5-18(6-9-23)15-13(4-7-21-18)19-11-20-15/h2-3,10-12,21H,4-9H2,1H3,(H,19,20)(H,22,24)/t12-/m1/s1. The average Bonchev–Trinajstić information content (AvgIpc) is 3.34.